The molecule has 0 radical (unpaired) electrons. The third-order valence-corrected chi connectivity index (χ3v) is 2.11. The van der Waals surface area contributed by atoms with Crippen molar-refractivity contribution in [1.82, 2.24) is 0 Å². The summed E-state index contributed by atoms with van der Waals surface area (Å²) in [6.45, 7) is 0. The molecule has 0 spiro atoms. The molecule has 0 aliphatic carbocycles. The van der Waals surface area contributed by atoms with Gasteiger partial charge in [0.2, 0.25) is 0 Å². The summed E-state index contributed by atoms with van der Waals surface area (Å²) in [5.74, 6) is 0. The van der Waals surface area contributed by atoms with Gasteiger partial charge in [0, 0.05) is 5.33 Å². The maximum Gasteiger partial charge on any atom is 0.295 e. The number of hydrogen-bond donors (Lipinski definition) is 0. The predicted octanol–water partition coefficient (Wildman–Crippen LogP) is 2.33. The van der Waals surface area contributed by atoms with E-state index in [0.717, 1.165) is 5.56 Å². The van der Waals surface area contributed by atoms with Crippen LogP contribution in [0.5, 0.6) is 0 Å². The highest BCUT2D eigenvalue weighted by atomic mass is 79.9. The molecule has 0 saturated heterocycles. The molecule has 0 fully saturated rings. The maximum atomic E-state index is 10.1. The van der Waals surface area contributed by atoms with E-state index in [4.69, 9.17) is 0 Å². The van der Waals surface area contributed by atoms with Gasteiger partial charge in [0.1, 0.15) is 6.10 Å². The molecule has 0 aromatic heterocycles. The van der Waals surface area contributed by atoms with Crippen molar-refractivity contribution in [2.24, 2.45) is 0 Å². The Balaban J connectivity index is 2.73. The number of alkyl halides is 1. The second-order valence-corrected chi connectivity index (χ2v) is 3.03. The summed E-state index contributed by atoms with van der Waals surface area (Å²) in [6, 6.07) is 9.05. The standard InChI is InChI=1S/C8H8BrNO3/c9-6-8(13-10(11)12)7-4-2-1-3-5-7/h1-5,8H,6H2/i13+2. The van der Waals surface area contributed by atoms with Crippen molar-refractivity contribution in [3.05, 3.63) is 46.0 Å². The van der Waals surface area contributed by atoms with E-state index in [0.29, 0.717) is 5.33 Å². The third-order valence-electron chi connectivity index (χ3n) is 1.52. The Bertz CT molecular complexity index is 278. The lowest BCUT2D eigenvalue weighted by molar-refractivity contribution is -0.769. The third kappa shape index (κ3) is 3.02. The van der Waals surface area contributed by atoms with Crippen molar-refractivity contribution in [3.8, 4) is 0 Å². The molecule has 13 heavy (non-hydrogen) atoms. The molecule has 5 heteroatoms. The number of hydrogen-bond acceptors (Lipinski definition) is 3. The van der Waals surface area contributed by atoms with Gasteiger partial charge in [0.15, 0.2) is 0 Å². The topological polar surface area (TPSA) is 52.4 Å². The largest absolute Gasteiger partial charge is 0.305 e. The minimum Gasteiger partial charge on any atom is -0.305 e. The summed E-state index contributed by atoms with van der Waals surface area (Å²) < 4.78 is 0. The van der Waals surface area contributed by atoms with Crippen LogP contribution in [0.1, 0.15) is 11.7 Å². The van der Waals surface area contributed by atoms with Gasteiger partial charge in [0.05, 0.1) is 0 Å². The van der Waals surface area contributed by atoms with E-state index in [1.165, 1.54) is 0 Å². The summed E-state index contributed by atoms with van der Waals surface area (Å²) in [4.78, 5) is 14.6. The molecule has 0 aliphatic heterocycles. The molecule has 70 valence electrons. The Kier molecular flexibility index (Phi) is 3.70. The normalized spacial score (nSPS) is 12.1. The van der Waals surface area contributed by atoms with Crippen LogP contribution in [0.25, 0.3) is 0 Å². The molecular weight excluding hydrogens is 240 g/mol. The first-order valence-corrected chi connectivity index (χ1v) is 4.78. The van der Waals surface area contributed by atoms with Crippen LogP contribution in [0.3, 0.4) is 0 Å². The molecule has 1 atom stereocenters. The van der Waals surface area contributed by atoms with Crippen LogP contribution in [0.2, 0.25) is 0 Å². The summed E-state index contributed by atoms with van der Waals surface area (Å²) in [5.41, 5.74) is 0.788. The Labute approximate surface area is 83.7 Å². The van der Waals surface area contributed by atoms with Crippen molar-refractivity contribution in [2.75, 3.05) is 5.33 Å². The molecule has 0 bridgehead atoms. The SMILES string of the molecule is O=[N+]([O-])[18O]C(CBr)c1ccccc1. The summed E-state index contributed by atoms with van der Waals surface area (Å²) in [7, 11) is 0. The Morgan fingerprint density at radius 1 is 1.46 bits per heavy atom. The second-order valence-electron chi connectivity index (χ2n) is 2.38. The van der Waals surface area contributed by atoms with Gasteiger partial charge in [-0.15, -0.1) is 10.1 Å². The Hall–Kier alpha value is -1.10. The highest BCUT2D eigenvalue weighted by Crippen LogP contribution is 2.18. The predicted molar refractivity (Wildman–Crippen MR) is 51.1 cm³/mol. The molecular formula is C8H8BrNO3. The lowest BCUT2D eigenvalue weighted by Crippen LogP contribution is -2.10. The number of halogens is 1. The minimum absolute atomic E-state index is 0.401. The monoisotopic (exact) mass is 247 g/mol. The lowest BCUT2D eigenvalue weighted by Gasteiger charge is -2.11. The zero-order chi connectivity index (χ0) is 9.68. The van der Waals surface area contributed by atoms with Gasteiger partial charge in [-0.2, -0.15) is 0 Å². The van der Waals surface area contributed by atoms with Gasteiger partial charge in [0.25, 0.3) is 5.09 Å². The van der Waals surface area contributed by atoms with Crippen molar-refractivity contribution in [2.45, 2.75) is 6.10 Å². The molecule has 4 nitrogen and oxygen atoms in total. The average molecular weight is 248 g/mol. The van der Waals surface area contributed by atoms with Gasteiger partial charge >= 0.3 is 0 Å². The molecule has 0 saturated carbocycles. The quantitative estimate of drug-likeness (QED) is 0.355. The maximum absolute atomic E-state index is 10.1. The fraction of sp³-hybridized carbons (Fsp3) is 0.250. The summed E-state index contributed by atoms with van der Waals surface area (Å²) in [6.07, 6.45) is -0.531. The van der Waals surface area contributed by atoms with Crippen molar-refractivity contribution in [1.29, 1.82) is 0 Å². The molecule has 1 aromatic carbocycles. The number of nitrogens with zero attached hydrogens (tertiary/aromatic N) is 1. The molecule has 0 heterocycles. The smallest absolute Gasteiger partial charge is 0.295 e. The lowest BCUT2D eigenvalue weighted by atomic mass is 10.1. The van der Waals surface area contributed by atoms with Gasteiger partial charge in [-0.3, -0.25) is 0 Å². The van der Waals surface area contributed by atoms with Crippen LogP contribution >= 0.6 is 15.9 Å². The van der Waals surface area contributed by atoms with Crippen LogP contribution in [0.4, 0.5) is 0 Å². The summed E-state index contributed by atoms with van der Waals surface area (Å²) in [5, 5.41) is 9.73. The van der Waals surface area contributed by atoms with Gasteiger partial charge < -0.3 is 4.84 Å². The number of benzene rings is 1. The molecule has 0 aliphatic rings. The molecule has 1 unspecified atom stereocenters. The van der Waals surface area contributed by atoms with E-state index >= 15 is 0 Å². The van der Waals surface area contributed by atoms with E-state index < -0.39 is 11.2 Å². The van der Waals surface area contributed by atoms with Crippen molar-refractivity contribution < 1.29 is 9.92 Å². The van der Waals surface area contributed by atoms with Gasteiger partial charge in [-0.25, -0.2) is 0 Å². The molecule has 0 N–H and O–H groups in total. The fourth-order valence-corrected chi connectivity index (χ4v) is 1.44. The van der Waals surface area contributed by atoms with E-state index in [1.807, 2.05) is 18.2 Å². The first-order chi connectivity index (χ1) is 6.24. The van der Waals surface area contributed by atoms with Crippen LogP contribution in [0.15, 0.2) is 30.3 Å². The van der Waals surface area contributed by atoms with Crippen molar-refractivity contribution >= 4 is 15.9 Å². The van der Waals surface area contributed by atoms with E-state index in [1.54, 1.807) is 12.1 Å². The highest BCUT2D eigenvalue weighted by Gasteiger charge is 2.13. The second kappa shape index (κ2) is 4.81. The Morgan fingerprint density at radius 2 is 2.08 bits per heavy atom. The molecule has 0 amide bonds. The average Bonchev–Trinajstić information content (AvgIpc) is 2.15. The summed E-state index contributed by atoms with van der Waals surface area (Å²) >= 11 is 3.15. The van der Waals surface area contributed by atoms with Gasteiger partial charge in [-0.1, -0.05) is 46.3 Å². The highest BCUT2D eigenvalue weighted by molar-refractivity contribution is 9.09. The zero-order valence-corrected chi connectivity index (χ0v) is 8.31. The first kappa shape index (κ1) is 9.98. The molecule has 1 rings (SSSR count). The van der Waals surface area contributed by atoms with Crippen LogP contribution in [-0.4, -0.2) is 10.4 Å². The molecule has 1 aromatic rings. The number of rotatable bonds is 4. The van der Waals surface area contributed by atoms with E-state index in [2.05, 4.69) is 20.8 Å². The van der Waals surface area contributed by atoms with Crippen LogP contribution in [-0.2, 0) is 4.84 Å². The zero-order valence-electron chi connectivity index (χ0n) is 6.72. The van der Waals surface area contributed by atoms with Crippen molar-refractivity contribution in [3.63, 3.8) is 0 Å². The van der Waals surface area contributed by atoms with Gasteiger partial charge in [-0.05, 0) is 5.56 Å². The first-order valence-electron chi connectivity index (χ1n) is 3.66. The van der Waals surface area contributed by atoms with Crippen LogP contribution < -0.4 is 0 Å². The fourth-order valence-electron chi connectivity index (χ4n) is 0.950. The minimum atomic E-state index is -0.779. The van der Waals surface area contributed by atoms with E-state index in [9.17, 15) is 10.1 Å². The Morgan fingerprint density at radius 3 is 2.54 bits per heavy atom. The van der Waals surface area contributed by atoms with E-state index in [-0.39, 0.29) is 0 Å². The van der Waals surface area contributed by atoms with Crippen LogP contribution in [0, 0.1) is 10.1 Å².